The molecule has 0 saturated carbocycles. The van der Waals surface area contributed by atoms with E-state index in [4.69, 9.17) is 0 Å². The van der Waals surface area contributed by atoms with Crippen LogP contribution in [0.15, 0.2) is 12.1 Å². The molecule has 4 heteroatoms. The van der Waals surface area contributed by atoms with E-state index in [0.717, 1.165) is 11.3 Å². The minimum absolute atomic E-state index is 0.370. The van der Waals surface area contributed by atoms with Gasteiger partial charge in [0.25, 0.3) is 0 Å². The molecule has 1 unspecified atom stereocenters. The van der Waals surface area contributed by atoms with E-state index in [9.17, 15) is 9.90 Å². The number of carboxylic acid groups (broad SMARTS) is 1. The van der Waals surface area contributed by atoms with E-state index in [1.807, 2.05) is 46.8 Å². The zero-order valence-electron chi connectivity index (χ0n) is 11.0. The SMILES string of the molecule is Cc1cc(C)nc(NC(C(=O)O)C(C)(C)C)c1. The first kappa shape index (κ1) is 13.5. The largest absolute Gasteiger partial charge is 0.480 e. The van der Waals surface area contributed by atoms with Gasteiger partial charge in [0.2, 0.25) is 0 Å². The van der Waals surface area contributed by atoms with Crippen molar-refractivity contribution < 1.29 is 9.90 Å². The molecule has 17 heavy (non-hydrogen) atoms. The Kier molecular flexibility index (Phi) is 3.76. The van der Waals surface area contributed by atoms with Gasteiger partial charge in [0.05, 0.1) is 0 Å². The molecule has 0 aromatic carbocycles. The number of hydrogen-bond acceptors (Lipinski definition) is 3. The molecule has 0 aliphatic carbocycles. The number of aryl methyl sites for hydroxylation is 2. The van der Waals surface area contributed by atoms with Gasteiger partial charge in [-0.15, -0.1) is 0 Å². The van der Waals surface area contributed by atoms with Crippen LogP contribution in [0.5, 0.6) is 0 Å². The van der Waals surface area contributed by atoms with Gasteiger partial charge in [-0.25, -0.2) is 9.78 Å². The van der Waals surface area contributed by atoms with Crippen molar-refractivity contribution in [2.24, 2.45) is 5.41 Å². The predicted octanol–water partition coefficient (Wildman–Crippen LogP) is 2.61. The molecule has 0 amide bonds. The van der Waals surface area contributed by atoms with Crippen molar-refractivity contribution in [3.8, 4) is 0 Å². The second kappa shape index (κ2) is 4.73. The van der Waals surface area contributed by atoms with E-state index in [1.54, 1.807) is 0 Å². The first-order chi connectivity index (χ1) is 7.70. The third-order valence-corrected chi connectivity index (χ3v) is 2.50. The minimum Gasteiger partial charge on any atom is -0.480 e. The highest BCUT2D eigenvalue weighted by molar-refractivity contribution is 5.78. The number of nitrogens with zero attached hydrogens (tertiary/aromatic N) is 1. The molecule has 0 aliphatic heterocycles. The summed E-state index contributed by atoms with van der Waals surface area (Å²) in [5.41, 5.74) is 1.58. The molecule has 1 rings (SSSR count). The summed E-state index contributed by atoms with van der Waals surface area (Å²) < 4.78 is 0. The summed E-state index contributed by atoms with van der Waals surface area (Å²) in [7, 11) is 0. The molecule has 0 aliphatic rings. The number of hydrogen-bond donors (Lipinski definition) is 2. The van der Waals surface area contributed by atoms with Crippen molar-refractivity contribution in [2.45, 2.75) is 40.7 Å². The summed E-state index contributed by atoms with van der Waals surface area (Å²) in [4.78, 5) is 15.5. The highest BCUT2D eigenvalue weighted by Crippen LogP contribution is 2.23. The van der Waals surface area contributed by atoms with Gasteiger partial charge in [0, 0.05) is 5.69 Å². The van der Waals surface area contributed by atoms with Crippen molar-refractivity contribution in [1.29, 1.82) is 0 Å². The number of rotatable bonds is 3. The van der Waals surface area contributed by atoms with Crippen LogP contribution in [0, 0.1) is 19.3 Å². The van der Waals surface area contributed by atoms with Crippen molar-refractivity contribution >= 4 is 11.8 Å². The minimum atomic E-state index is -0.863. The van der Waals surface area contributed by atoms with Gasteiger partial charge < -0.3 is 10.4 Å². The topological polar surface area (TPSA) is 62.2 Å². The number of nitrogens with one attached hydrogen (secondary N) is 1. The lowest BCUT2D eigenvalue weighted by molar-refractivity contribution is -0.140. The van der Waals surface area contributed by atoms with Crippen LogP contribution in [0.25, 0.3) is 0 Å². The molecule has 0 bridgehead atoms. The quantitative estimate of drug-likeness (QED) is 0.846. The van der Waals surface area contributed by atoms with Gasteiger partial charge in [-0.1, -0.05) is 20.8 Å². The van der Waals surface area contributed by atoms with Gasteiger partial charge in [0.1, 0.15) is 11.9 Å². The van der Waals surface area contributed by atoms with Crippen LogP contribution in [0.3, 0.4) is 0 Å². The lowest BCUT2D eigenvalue weighted by Gasteiger charge is -2.28. The average molecular weight is 236 g/mol. The summed E-state index contributed by atoms with van der Waals surface area (Å²) in [5, 5.41) is 12.2. The number of aromatic nitrogens is 1. The van der Waals surface area contributed by atoms with Crippen LogP contribution < -0.4 is 5.32 Å². The van der Waals surface area contributed by atoms with Crippen LogP contribution in [-0.2, 0) is 4.79 Å². The molecule has 94 valence electrons. The highest BCUT2D eigenvalue weighted by atomic mass is 16.4. The molecule has 0 saturated heterocycles. The molecule has 1 heterocycles. The summed E-state index contributed by atoms with van der Waals surface area (Å²) in [6.07, 6.45) is 0. The van der Waals surface area contributed by atoms with E-state index in [-0.39, 0.29) is 5.41 Å². The Morgan fingerprint density at radius 3 is 2.35 bits per heavy atom. The first-order valence-corrected chi connectivity index (χ1v) is 5.65. The van der Waals surface area contributed by atoms with Crippen LogP contribution in [-0.4, -0.2) is 22.1 Å². The Bertz CT molecular complexity index is 402. The molecule has 0 spiro atoms. The van der Waals surface area contributed by atoms with Gasteiger partial charge in [-0.3, -0.25) is 0 Å². The number of pyridine rings is 1. The Hall–Kier alpha value is -1.58. The summed E-state index contributed by atoms with van der Waals surface area (Å²) in [6.45, 7) is 9.53. The zero-order valence-corrected chi connectivity index (χ0v) is 11.0. The molecule has 1 aromatic rings. The second-order valence-electron chi connectivity index (χ2n) is 5.45. The maximum atomic E-state index is 11.2. The lowest BCUT2D eigenvalue weighted by Crippen LogP contribution is -2.41. The molecular formula is C13H20N2O2. The third-order valence-electron chi connectivity index (χ3n) is 2.50. The van der Waals surface area contributed by atoms with Crippen LogP contribution in [0.4, 0.5) is 5.82 Å². The third kappa shape index (κ3) is 3.73. The van der Waals surface area contributed by atoms with Crippen molar-refractivity contribution in [3.63, 3.8) is 0 Å². The molecule has 0 fully saturated rings. The standard InChI is InChI=1S/C13H20N2O2/c1-8-6-9(2)14-10(7-8)15-11(12(16)17)13(3,4)5/h6-7,11H,1-5H3,(H,14,15)(H,16,17). The molecule has 1 aromatic heterocycles. The molecule has 1 atom stereocenters. The van der Waals surface area contributed by atoms with Gasteiger partial charge >= 0.3 is 5.97 Å². The van der Waals surface area contributed by atoms with Gasteiger partial charge in [-0.2, -0.15) is 0 Å². The smallest absolute Gasteiger partial charge is 0.326 e. The van der Waals surface area contributed by atoms with E-state index in [2.05, 4.69) is 10.3 Å². The Morgan fingerprint density at radius 1 is 1.35 bits per heavy atom. The van der Waals surface area contributed by atoms with Crippen LogP contribution >= 0.6 is 0 Å². The van der Waals surface area contributed by atoms with Crippen molar-refractivity contribution in [1.82, 2.24) is 4.98 Å². The summed E-state index contributed by atoms with van der Waals surface area (Å²) >= 11 is 0. The lowest BCUT2D eigenvalue weighted by atomic mass is 9.87. The van der Waals surface area contributed by atoms with Crippen LogP contribution in [0.2, 0.25) is 0 Å². The van der Waals surface area contributed by atoms with E-state index in [1.165, 1.54) is 0 Å². The highest BCUT2D eigenvalue weighted by Gasteiger charge is 2.31. The Labute approximate surface area is 102 Å². The maximum absolute atomic E-state index is 11.2. The van der Waals surface area contributed by atoms with Crippen LogP contribution in [0.1, 0.15) is 32.0 Å². The molecule has 2 N–H and O–H groups in total. The van der Waals surface area contributed by atoms with E-state index in [0.29, 0.717) is 5.82 Å². The zero-order chi connectivity index (χ0) is 13.2. The summed E-state index contributed by atoms with van der Waals surface area (Å²) in [6, 6.07) is 3.16. The van der Waals surface area contributed by atoms with Crippen molar-refractivity contribution in [2.75, 3.05) is 5.32 Å². The molecular weight excluding hydrogens is 216 g/mol. The number of aliphatic carboxylic acids is 1. The Morgan fingerprint density at radius 2 is 1.94 bits per heavy atom. The molecule has 4 nitrogen and oxygen atoms in total. The fourth-order valence-corrected chi connectivity index (χ4v) is 1.71. The van der Waals surface area contributed by atoms with Crippen molar-refractivity contribution in [3.05, 3.63) is 23.4 Å². The fraction of sp³-hybridized carbons (Fsp3) is 0.538. The van der Waals surface area contributed by atoms with E-state index < -0.39 is 12.0 Å². The van der Waals surface area contributed by atoms with E-state index >= 15 is 0 Å². The number of carboxylic acids is 1. The predicted molar refractivity (Wildman–Crippen MR) is 68.2 cm³/mol. The fourth-order valence-electron chi connectivity index (χ4n) is 1.71. The van der Waals surface area contributed by atoms with Gasteiger partial charge in [0.15, 0.2) is 0 Å². The maximum Gasteiger partial charge on any atom is 0.326 e. The summed E-state index contributed by atoms with van der Waals surface area (Å²) in [5.74, 6) is -0.247. The first-order valence-electron chi connectivity index (χ1n) is 5.65. The number of anilines is 1. The number of carbonyl (C=O) groups is 1. The Balaban J connectivity index is 2.98. The molecule has 0 radical (unpaired) electrons. The van der Waals surface area contributed by atoms with Gasteiger partial charge in [-0.05, 0) is 37.0 Å². The second-order valence-corrected chi connectivity index (χ2v) is 5.45. The normalized spacial score (nSPS) is 13.2. The average Bonchev–Trinajstić information content (AvgIpc) is 2.10. The monoisotopic (exact) mass is 236 g/mol.